The number of hydrogen-bond donors (Lipinski definition) is 1. The summed E-state index contributed by atoms with van der Waals surface area (Å²) < 4.78 is 17.2. The molecule has 2 aromatic rings. The van der Waals surface area contributed by atoms with Gasteiger partial charge in [-0.2, -0.15) is 0 Å². The molecule has 2 aromatic heterocycles. The molecule has 172 valence electrons. The Morgan fingerprint density at radius 2 is 2.03 bits per heavy atom. The van der Waals surface area contributed by atoms with E-state index in [9.17, 15) is 9.90 Å². The molecule has 2 aliphatic rings. The molecule has 1 unspecified atom stereocenters. The van der Waals surface area contributed by atoms with Crippen molar-refractivity contribution >= 4 is 11.7 Å². The predicted molar refractivity (Wildman–Crippen MR) is 117 cm³/mol. The lowest BCUT2D eigenvalue weighted by molar-refractivity contribution is -0.141. The van der Waals surface area contributed by atoms with Gasteiger partial charge in [0, 0.05) is 12.7 Å². The van der Waals surface area contributed by atoms with Crippen LogP contribution in [0.15, 0.2) is 22.8 Å². The molecule has 32 heavy (non-hydrogen) atoms. The standard InChI is InChI=1S/C23H30N4O5/c1-13-9-15(19-25-26-20(31-19)16-12-30-23(5,6)32-16)11-24-18(13)14-7-8-27(21(28)29)17(10-14)22(2,3)4/h9-11,16-17H,7-8,12H2,1-6H3,(H,28,29)/t16?,17-/m1/s1. The second kappa shape index (κ2) is 7.97. The Balaban J connectivity index is 1.59. The first-order valence-corrected chi connectivity index (χ1v) is 10.8. The first-order valence-electron chi connectivity index (χ1n) is 10.8. The average Bonchev–Trinajstić information content (AvgIpc) is 3.33. The zero-order valence-electron chi connectivity index (χ0n) is 19.4. The molecule has 2 atom stereocenters. The number of aromatic nitrogens is 3. The lowest BCUT2D eigenvalue weighted by Gasteiger charge is -2.40. The van der Waals surface area contributed by atoms with E-state index in [0.29, 0.717) is 31.4 Å². The molecule has 0 radical (unpaired) electrons. The minimum absolute atomic E-state index is 0.221. The Labute approximate surface area is 187 Å². The van der Waals surface area contributed by atoms with Gasteiger partial charge < -0.3 is 23.9 Å². The van der Waals surface area contributed by atoms with Crippen LogP contribution in [0.2, 0.25) is 0 Å². The molecular weight excluding hydrogens is 412 g/mol. The monoisotopic (exact) mass is 442 g/mol. The van der Waals surface area contributed by atoms with Crippen LogP contribution in [0.1, 0.15) is 64.3 Å². The number of pyridine rings is 1. The van der Waals surface area contributed by atoms with Crippen LogP contribution in [0.3, 0.4) is 0 Å². The van der Waals surface area contributed by atoms with Gasteiger partial charge in [0.2, 0.25) is 11.8 Å². The van der Waals surface area contributed by atoms with Crippen molar-refractivity contribution in [2.45, 2.75) is 65.9 Å². The third-order valence-corrected chi connectivity index (χ3v) is 5.80. The first kappa shape index (κ1) is 22.4. The summed E-state index contributed by atoms with van der Waals surface area (Å²) in [4.78, 5) is 17.9. The van der Waals surface area contributed by atoms with Crippen LogP contribution < -0.4 is 0 Å². The summed E-state index contributed by atoms with van der Waals surface area (Å²) in [7, 11) is 0. The van der Waals surface area contributed by atoms with Crippen molar-refractivity contribution in [2.75, 3.05) is 13.2 Å². The minimum Gasteiger partial charge on any atom is -0.465 e. The molecule has 2 aliphatic heterocycles. The minimum atomic E-state index is -0.896. The van der Waals surface area contributed by atoms with Gasteiger partial charge >= 0.3 is 6.09 Å². The maximum atomic E-state index is 11.7. The molecule has 9 nitrogen and oxygen atoms in total. The van der Waals surface area contributed by atoms with E-state index in [4.69, 9.17) is 13.9 Å². The summed E-state index contributed by atoms with van der Waals surface area (Å²) in [6.07, 6.45) is 3.08. The van der Waals surface area contributed by atoms with Gasteiger partial charge in [0.05, 0.1) is 23.9 Å². The van der Waals surface area contributed by atoms with E-state index in [2.05, 4.69) is 15.2 Å². The number of rotatable bonds is 3. The van der Waals surface area contributed by atoms with E-state index in [1.165, 1.54) is 4.90 Å². The van der Waals surface area contributed by atoms with E-state index >= 15 is 0 Å². The largest absolute Gasteiger partial charge is 0.465 e. The summed E-state index contributed by atoms with van der Waals surface area (Å²) in [6.45, 7) is 12.6. The third-order valence-electron chi connectivity index (χ3n) is 5.80. The van der Waals surface area contributed by atoms with Crippen LogP contribution in [0.4, 0.5) is 4.79 Å². The molecule has 0 bridgehead atoms. The van der Waals surface area contributed by atoms with Gasteiger partial charge in [0.1, 0.15) is 0 Å². The van der Waals surface area contributed by atoms with E-state index in [0.717, 1.165) is 22.4 Å². The SMILES string of the molecule is Cc1cc(-c2nnc(C3COC(C)(C)O3)o2)cnc1C1=C[C@H](C(C)(C)C)N(C(=O)O)CC1. The topological polar surface area (TPSA) is 111 Å². The number of nitrogens with zero attached hydrogens (tertiary/aromatic N) is 4. The van der Waals surface area contributed by atoms with Crippen LogP contribution >= 0.6 is 0 Å². The van der Waals surface area contributed by atoms with Gasteiger partial charge in [-0.05, 0) is 49.8 Å². The Morgan fingerprint density at radius 1 is 1.28 bits per heavy atom. The highest BCUT2D eigenvalue weighted by Gasteiger charge is 2.37. The quantitative estimate of drug-likeness (QED) is 0.742. The summed E-state index contributed by atoms with van der Waals surface area (Å²) in [6, 6.07) is 1.74. The lowest BCUT2D eigenvalue weighted by Crippen LogP contribution is -2.48. The van der Waals surface area contributed by atoms with Crippen molar-refractivity contribution in [3.8, 4) is 11.5 Å². The van der Waals surface area contributed by atoms with E-state index in [-0.39, 0.29) is 11.5 Å². The van der Waals surface area contributed by atoms with Gasteiger partial charge in [-0.3, -0.25) is 4.98 Å². The van der Waals surface area contributed by atoms with E-state index in [1.54, 1.807) is 6.20 Å². The highest BCUT2D eigenvalue weighted by molar-refractivity contribution is 5.73. The maximum absolute atomic E-state index is 11.7. The molecule has 1 amide bonds. The summed E-state index contributed by atoms with van der Waals surface area (Å²) >= 11 is 0. The molecular formula is C23H30N4O5. The third kappa shape index (κ3) is 4.40. The number of amides is 1. The van der Waals surface area contributed by atoms with Crippen LogP contribution in [-0.2, 0) is 9.47 Å². The van der Waals surface area contributed by atoms with Gasteiger partial charge in [-0.25, -0.2) is 4.79 Å². The molecule has 0 aromatic carbocycles. The zero-order chi connectivity index (χ0) is 23.3. The number of carbonyl (C=O) groups is 1. The normalized spacial score (nSPS) is 23.3. The molecule has 1 fully saturated rings. The van der Waals surface area contributed by atoms with Crippen LogP contribution in [0, 0.1) is 12.3 Å². The molecule has 1 N–H and O–H groups in total. The zero-order valence-corrected chi connectivity index (χ0v) is 19.4. The highest BCUT2D eigenvalue weighted by atomic mass is 16.7. The van der Waals surface area contributed by atoms with Crippen molar-refractivity contribution in [1.82, 2.24) is 20.1 Å². The Kier molecular flexibility index (Phi) is 5.58. The van der Waals surface area contributed by atoms with E-state index < -0.39 is 18.0 Å². The van der Waals surface area contributed by atoms with Crippen LogP contribution in [-0.4, -0.2) is 56.3 Å². The smallest absolute Gasteiger partial charge is 0.407 e. The second-order valence-corrected chi connectivity index (χ2v) is 9.88. The molecule has 4 heterocycles. The van der Waals surface area contributed by atoms with Crippen molar-refractivity contribution in [3.63, 3.8) is 0 Å². The fourth-order valence-electron chi connectivity index (χ4n) is 4.19. The predicted octanol–water partition coefficient (Wildman–Crippen LogP) is 4.45. The molecule has 1 saturated heterocycles. The second-order valence-electron chi connectivity index (χ2n) is 9.88. The fraction of sp³-hybridized carbons (Fsp3) is 0.565. The van der Waals surface area contributed by atoms with E-state index in [1.807, 2.05) is 53.7 Å². The fourth-order valence-corrected chi connectivity index (χ4v) is 4.19. The number of hydrogen-bond acceptors (Lipinski definition) is 7. The molecule has 4 rings (SSSR count). The number of aryl methyl sites for hydroxylation is 1. The van der Waals surface area contributed by atoms with Crippen molar-refractivity contribution in [1.29, 1.82) is 0 Å². The van der Waals surface area contributed by atoms with Crippen molar-refractivity contribution < 1.29 is 23.8 Å². The summed E-state index contributed by atoms with van der Waals surface area (Å²) in [5, 5.41) is 17.9. The van der Waals surface area contributed by atoms with Gasteiger partial charge in [0.15, 0.2) is 11.9 Å². The number of ether oxygens (including phenoxy) is 2. The molecule has 0 aliphatic carbocycles. The van der Waals surface area contributed by atoms with Gasteiger partial charge in [-0.15, -0.1) is 10.2 Å². The Morgan fingerprint density at radius 3 is 2.62 bits per heavy atom. The Bertz CT molecular complexity index is 1050. The lowest BCUT2D eigenvalue weighted by atomic mass is 9.81. The molecule has 9 heteroatoms. The number of carboxylic acid groups (broad SMARTS) is 1. The van der Waals surface area contributed by atoms with Crippen LogP contribution in [0.25, 0.3) is 17.0 Å². The first-order chi connectivity index (χ1) is 14.9. The van der Waals surface area contributed by atoms with Crippen molar-refractivity contribution in [3.05, 3.63) is 35.5 Å². The summed E-state index contributed by atoms with van der Waals surface area (Å²) in [5.74, 6) is 0.0790. The van der Waals surface area contributed by atoms with Crippen LogP contribution in [0.5, 0.6) is 0 Å². The molecule has 0 saturated carbocycles. The Hall–Kier alpha value is -2.78. The highest BCUT2D eigenvalue weighted by Crippen LogP contribution is 2.36. The summed E-state index contributed by atoms with van der Waals surface area (Å²) in [5.41, 5.74) is 3.38. The van der Waals surface area contributed by atoms with Gasteiger partial charge in [-0.1, -0.05) is 26.8 Å². The molecule has 0 spiro atoms. The maximum Gasteiger partial charge on any atom is 0.407 e. The van der Waals surface area contributed by atoms with Gasteiger partial charge in [0.25, 0.3) is 0 Å². The van der Waals surface area contributed by atoms with Crippen molar-refractivity contribution in [2.24, 2.45) is 5.41 Å². The average molecular weight is 443 g/mol.